The third-order valence-electron chi connectivity index (χ3n) is 1.35. The molecule has 0 aromatic rings. The molecule has 0 aromatic carbocycles. The smallest absolute Gasteiger partial charge is 0.407 e. The number of allylic oxidation sites excluding steroid dienone is 1. The number of hydrogen-bond donors (Lipinski definition) is 1. The Morgan fingerprint density at radius 2 is 2.07 bits per heavy atom. The van der Waals surface area contributed by atoms with E-state index in [1.165, 1.54) is 0 Å². The molecule has 0 aliphatic rings. The van der Waals surface area contributed by atoms with E-state index in [1.54, 1.807) is 12.2 Å². The molecule has 3 nitrogen and oxygen atoms in total. The standard InChI is InChI=1S/C9H14Cl3NO2/c1-2-6-13-8(14)15-7-4-3-5-9(10,11)12/h3-4H,2,5-7H2,1H3,(H,13,14)/b4-3-. The Balaban J connectivity index is 3.49. The van der Waals surface area contributed by atoms with E-state index in [1.807, 2.05) is 6.92 Å². The molecule has 1 amide bonds. The van der Waals surface area contributed by atoms with Gasteiger partial charge < -0.3 is 10.1 Å². The Labute approximate surface area is 105 Å². The van der Waals surface area contributed by atoms with Crippen LogP contribution in [0.5, 0.6) is 0 Å². The molecule has 0 aromatic heterocycles. The summed E-state index contributed by atoms with van der Waals surface area (Å²) < 4.78 is 3.50. The van der Waals surface area contributed by atoms with Crippen molar-refractivity contribution >= 4 is 40.9 Å². The maximum absolute atomic E-state index is 10.9. The fourth-order valence-corrected chi connectivity index (χ4v) is 0.954. The second-order valence-electron chi connectivity index (χ2n) is 2.82. The lowest BCUT2D eigenvalue weighted by Gasteiger charge is -2.06. The first-order valence-electron chi connectivity index (χ1n) is 4.58. The minimum atomic E-state index is -1.29. The highest BCUT2D eigenvalue weighted by atomic mass is 35.6. The predicted octanol–water partition coefficient (Wildman–Crippen LogP) is 3.44. The van der Waals surface area contributed by atoms with Crippen LogP contribution in [0.3, 0.4) is 0 Å². The van der Waals surface area contributed by atoms with Crippen LogP contribution in [0.2, 0.25) is 0 Å². The van der Waals surface area contributed by atoms with Crippen molar-refractivity contribution in [3.8, 4) is 0 Å². The fraction of sp³-hybridized carbons (Fsp3) is 0.667. The second-order valence-corrected chi connectivity index (χ2v) is 5.33. The molecular weight excluding hydrogens is 260 g/mol. The molecule has 0 unspecified atom stereocenters. The summed E-state index contributed by atoms with van der Waals surface area (Å²) in [6.07, 6.45) is 4.01. The molecular formula is C9H14Cl3NO2. The largest absolute Gasteiger partial charge is 0.445 e. The molecule has 0 aliphatic heterocycles. The van der Waals surface area contributed by atoms with Crippen molar-refractivity contribution in [3.05, 3.63) is 12.2 Å². The van der Waals surface area contributed by atoms with Gasteiger partial charge in [-0.25, -0.2) is 4.79 Å². The number of carbonyl (C=O) groups is 1. The van der Waals surface area contributed by atoms with Crippen LogP contribution in [-0.2, 0) is 4.74 Å². The first-order chi connectivity index (χ1) is 6.95. The number of carbonyl (C=O) groups excluding carboxylic acids is 1. The molecule has 6 heteroatoms. The van der Waals surface area contributed by atoms with Crippen molar-refractivity contribution in [1.82, 2.24) is 5.32 Å². The maximum Gasteiger partial charge on any atom is 0.407 e. The number of halogens is 3. The summed E-state index contributed by atoms with van der Waals surface area (Å²) in [6, 6.07) is 0. The monoisotopic (exact) mass is 273 g/mol. The molecule has 0 saturated heterocycles. The molecule has 0 aliphatic carbocycles. The molecule has 0 heterocycles. The minimum absolute atomic E-state index is 0.177. The summed E-state index contributed by atoms with van der Waals surface area (Å²) in [5.41, 5.74) is 0. The zero-order chi connectivity index (χ0) is 11.7. The fourth-order valence-electron chi connectivity index (χ4n) is 0.687. The predicted molar refractivity (Wildman–Crippen MR) is 63.7 cm³/mol. The first kappa shape index (κ1) is 14.9. The summed E-state index contributed by atoms with van der Waals surface area (Å²) in [7, 11) is 0. The van der Waals surface area contributed by atoms with Crippen LogP contribution in [0, 0.1) is 0 Å². The van der Waals surface area contributed by atoms with E-state index in [0.717, 1.165) is 6.42 Å². The van der Waals surface area contributed by atoms with E-state index in [0.29, 0.717) is 6.54 Å². The van der Waals surface area contributed by atoms with Gasteiger partial charge in [-0.05, 0) is 6.42 Å². The van der Waals surface area contributed by atoms with Gasteiger partial charge in [0.25, 0.3) is 0 Å². The molecule has 0 atom stereocenters. The van der Waals surface area contributed by atoms with E-state index in [2.05, 4.69) is 5.32 Å². The Hall–Kier alpha value is -0.120. The van der Waals surface area contributed by atoms with Crippen LogP contribution in [-0.4, -0.2) is 23.0 Å². The molecule has 0 saturated carbocycles. The molecule has 15 heavy (non-hydrogen) atoms. The van der Waals surface area contributed by atoms with Gasteiger partial charge in [-0.3, -0.25) is 0 Å². The number of alkyl halides is 3. The van der Waals surface area contributed by atoms with E-state index in [4.69, 9.17) is 39.5 Å². The third kappa shape index (κ3) is 11.8. The van der Waals surface area contributed by atoms with Gasteiger partial charge in [-0.1, -0.05) is 53.9 Å². The summed E-state index contributed by atoms with van der Waals surface area (Å²) >= 11 is 16.5. The first-order valence-corrected chi connectivity index (χ1v) is 5.71. The van der Waals surface area contributed by atoms with E-state index < -0.39 is 9.89 Å². The van der Waals surface area contributed by atoms with E-state index in [-0.39, 0.29) is 13.0 Å². The molecule has 0 spiro atoms. The topological polar surface area (TPSA) is 38.3 Å². The number of ether oxygens (including phenoxy) is 1. The number of alkyl carbamates (subject to hydrolysis) is 1. The van der Waals surface area contributed by atoms with Gasteiger partial charge in [-0.2, -0.15) is 0 Å². The van der Waals surface area contributed by atoms with Crippen LogP contribution in [0.1, 0.15) is 19.8 Å². The van der Waals surface area contributed by atoms with Crippen LogP contribution in [0.4, 0.5) is 4.79 Å². The summed E-state index contributed by atoms with van der Waals surface area (Å²) in [5, 5.41) is 2.57. The molecule has 1 N–H and O–H groups in total. The van der Waals surface area contributed by atoms with Crippen molar-refractivity contribution in [2.24, 2.45) is 0 Å². The zero-order valence-corrected chi connectivity index (χ0v) is 10.7. The highest BCUT2D eigenvalue weighted by Gasteiger charge is 2.16. The van der Waals surface area contributed by atoms with Crippen LogP contribution in [0.15, 0.2) is 12.2 Å². The summed E-state index contributed by atoms with van der Waals surface area (Å²) in [6.45, 7) is 2.74. The van der Waals surface area contributed by atoms with Crippen molar-refractivity contribution in [1.29, 1.82) is 0 Å². The van der Waals surface area contributed by atoms with Crippen molar-refractivity contribution in [2.75, 3.05) is 13.2 Å². The third-order valence-corrected chi connectivity index (χ3v) is 1.81. The molecule has 0 fully saturated rings. The maximum atomic E-state index is 10.9. The van der Waals surface area contributed by atoms with Gasteiger partial charge in [0, 0.05) is 13.0 Å². The van der Waals surface area contributed by atoms with Gasteiger partial charge in [-0.15, -0.1) is 0 Å². The molecule has 0 radical (unpaired) electrons. The van der Waals surface area contributed by atoms with Crippen LogP contribution >= 0.6 is 34.8 Å². The molecule has 0 rings (SSSR count). The Morgan fingerprint density at radius 3 is 2.60 bits per heavy atom. The minimum Gasteiger partial charge on any atom is -0.445 e. The van der Waals surface area contributed by atoms with Crippen LogP contribution < -0.4 is 5.32 Å². The van der Waals surface area contributed by atoms with Crippen molar-refractivity contribution in [3.63, 3.8) is 0 Å². The second kappa shape index (κ2) is 8.08. The van der Waals surface area contributed by atoms with Gasteiger partial charge >= 0.3 is 6.09 Å². The Bertz CT molecular complexity index is 214. The van der Waals surface area contributed by atoms with E-state index >= 15 is 0 Å². The number of hydrogen-bond acceptors (Lipinski definition) is 2. The van der Waals surface area contributed by atoms with E-state index in [9.17, 15) is 4.79 Å². The van der Waals surface area contributed by atoms with Crippen LogP contribution in [0.25, 0.3) is 0 Å². The van der Waals surface area contributed by atoms with Gasteiger partial charge in [0.2, 0.25) is 0 Å². The molecule has 88 valence electrons. The zero-order valence-electron chi connectivity index (χ0n) is 8.43. The average Bonchev–Trinajstić information content (AvgIpc) is 2.12. The number of rotatable bonds is 5. The highest BCUT2D eigenvalue weighted by molar-refractivity contribution is 6.67. The Morgan fingerprint density at radius 1 is 1.40 bits per heavy atom. The lowest BCUT2D eigenvalue weighted by Crippen LogP contribution is -2.24. The SMILES string of the molecule is CCCNC(=O)OC/C=C\CC(Cl)(Cl)Cl. The van der Waals surface area contributed by atoms with Crippen molar-refractivity contribution in [2.45, 2.75) is 23.6 Å². The number of amides is 1. The highest BCUT2D eigenvalue weighted by Crippen LogP contribution is 2.30. The van der Waals surface area contributed by atoms with Gasteiger partial charge in [0.15, 0.2) is 3.79 Å². The molecule has 0 bridgehead atoms. The van der Waals surface area contributed by atoms with Gasteiger partial charge in [0.1, 0.15) is 6.61 Å². The summed E-state index contributed by atoms with van der Waals surface area (Å²) in [5.74, 6) is 0. The van der Waals surface area contributed by atoms with Gasteiger partial charge in [0.05, 0.1) is 0 Å². The van der Waals surface area contributed by atoms with Crippen molar-refractivity contribution < 1.29 is 9.53 Å². The lowest BCUT2D eigenvalue weighted by molar-refractivity contribution is 0.158. The normalized spacial score (nSPS) is 11.7. The quantitative estimate of drug-likeness (QED) is 0.616. The average molecular weight is 275 g/mol. The Kier molecular flexibility index (Phi) is 8.02. The lowest BCUT2D eigenvalue weighted by atomic mass is 10.4. The summed E-state index contributed by atoms with van der Waals surface area (Å²) in [4.78, 5) is 10.9. The number of nitrogens with one attached hydrogen (secondary N) is 1.